The van der Waals surface area contributed by atoms with Crippen LogP contribution in [0, 0.1) is 0 Å². The van der Waals surface area contributed by atoms with Crippen LogP contribution in [0.2, 0.25) is 10.2 Å². The van der Waals surface area contributed by atoms with Crippen LogP contribution in [0.4, 0.5) is 0 Å². The standard InChI is InChI=1S/C4H2BrCl2N/c5-8-2-1-3(6)4(8)7/h1-2H. The molecule has 44 valence electrons. The van der Waals surface area contributed by atoms with Gasteiger partial charge in [0.05, 0.1) is 21.2 Å². The maximum atomic E-state index is 5.58. The van der Waals surface area contributed by atoms with Gasteiger partial charge in [0.1, 0.15) is 5.15 Å². The van der Waals surface area contributed by atoms with E-state index < -0.39 is 0 Å². The Morgan fingerprint density at radius 3 is 2.25 bits per heavy atom. The van der Waals surface area contributed by atoms with Crippen molar-refractivity contribution in [1.82, 2.24) is 3.59 Å². The van der Waals surface area contributed by atoms with E-state index in [1.54, 1.807) is 15.9 Å². The summed E-state index contributed by atoms with van der Waals surface area (Å²) in [6, 6.07) is 1.71. The molecule has 1 heterocycles. The average molecular weight is 215 g/mol. The Labute approximate surface area is 65.5 Å². The molecular formula is C4H2BrCl2N. The predicted octanol–water partition coefficient (Wildman–Crippen LogP) is 2.95. The first-order valence-electron chi connectivity index (χ1n) is 1.90. The van der Waals surface area contributed by atoms with Crippen molar-refractivity contribution in [1.29, 1.82) is 0 Å². The molecule has 1 nitrogen and oxygen atoms in total. The lowest BCUT2D eigenvalue weighted by Gasteiger charge is -1.86. The van der Waals surface area contributed by atoms with Crippen LogP contribution in [0.5, 0.6) is 0 Å². The van der Waals surface area contributed by atoms with Crippen LogP contribution in [-0.4, -0.2) is 3.59 Å². The number of hydrogen-bond acceptors (Lipinski definition) is 0. The Morgan fingerprint density at radius 1 is 1.50 bits per heavy atom. The van der Waals surface area contributed by atoms with Gasteiger partial charge in [-0.25, -0.2) is 0 Å². The molecule has 0 aromatic carbocycles. The second-order valence-electron chi connectivity index (χ2n) is 1.27. The first kappa shape index (κ1) is 6.46. The molecule has 0 saturated heterocycles. The van der Waals surface area contributed by atoms with Gasteiger partial charge in [0, 0.05) is 6.20 Å². The van der Waals surface area contributed by atoms with Gasteiger partial charge in [-0.3, -0.25) is 3.59 Å². The van der Waals surface area contributed by atoms with Crippen LogP contribution in [0.25, 0.3) is 0 Å². The predicted molar refractivity (Wildman–Crippen MR) is 38.8 cm³/mol. The van der Waals surface area contributed by atoms with Crippen molar-refractivity contribution in [2.75, 3.05) is 0 Å². The van der Waals surface area contributed by atoms with Crippen LogP contribution < -0.4 is 0 Å². The molecule has 4 heteroatoms. The van der Waals surface area contributed by atoms with Gasteiger partial charge in [-0.1, -0.05) is 23.2 Å². The minimum Gasteiger partial charge on any atom is -0.273 e. The summed E-state index contributed by atoms with van der Waals surface area (Å²) in [5, 5.41) is 1.07. The van der Waals surface area contributed by atoms with Crippen molar-refractivity contribution < 1.29 is 0 Å². The largest absolute Gasteiger partial charge is 0.273 e. The number of aromatic nitrogens is 1. The van der Waals surface area contributed by atoms with Gasteiger partial charge in [-0.15, -0.1) is 0 Å². The lowest BCUT2D eigenvalue weighted by atomic mass is 10.7. The van der Waals surface area contributed by atoms with E-state index >= 15 is 0 Å². The van der Waals surface area contributed by atoms with E-state index in [2.05, 4.69) is 16.1 Å². The molecule has 0 amide bonds. The molecule has 1 rings (SSSR count). The van der Waals surface area contributed by atoms with Gasteiger partial charge in [-0.2, -0.15) is 0 Å². The topological polar surface area (TPSA) is 4.93 Å². The molecule has 0 saturated carbocycles. The first-order chi connectivity index (χ1) is 3.72. The highest BCUT2D eigenvalue weighted by Gasteiger charge is 1.98. The maximum Gasteiger partial charge on any atom is 0.137 e. The fraction of sp³-hybridized carbons (Fsp3) is 0. The van der Waals surface area contributed by atoms with E-state index in [4.69, 9.17) is 23.2 Å². The molecule has 0 unspecified atom stereocenters. The molecule has 0 aliphatic rings. The second-order valence-corrected chi connectivity index (χ2v) is 2.80. The van der Waals surface area contributed by atoms with E-state index in [-0.39, 0.29) is 0 Å². The van der Waals surface area contributed by atoms with E-state index in [1.165, 1.54) is 0 Å². The Morgan fingerprint density at radius 2 is 2.12 bits per heavy atom. The zero-order chi connectivity index (χ0) is 6.15. The van der Waals surface area contributed by atoms with E-state index in [0.717, 1.165) is 0 Å². The molecule has 8 heavy (non-hydrogen) atoms. The molecule has 1 aromatic rings. The van der Waals surface area contributed by atoms with Crippen molar-refractivity contribution in [2.24, 2.45) is 0 Å². The highest BCUT2D eigenvalue weighted by Crippen LogP contribution is 2.23. The monoisotopic (exact) mass is 213 g/mol. The first-order valence-corrected chi connectivity index (χ1v) is 3.37. The number of hydrogen-bond donors (Lipinski definition) is 0. The normalized spacial score (nSPS) is 9.88. The van der Waals surface area contributed by atoms with E-state index in [9.17, 15) is 0 Å². The fourth-order valence-electron chi connectivity index (χ4n) is 0.367. The van der Waals surface area contributed by atoms with Crippen molar-refractivity contribution in [3.05, 3.63) is 22.4 Å². The minimum atomic E-state index is 0.506. The van der Waals surface area contributed by atoms with Crippen LogP contribution in [0.1, 0.15) is 0 Å². The highest BCUT2D eigenvalue weighted by atomic mass is 79.9. The van der Waals surface area contributed by atoms with Gasteiger partial charge in [0.15, 0.2) is 0 Å². The third-order valence-corrected chi connectivity index (χ3v) is 2.32. The summed E-state index contributed by atoms with van der Waals surface area (Å²) >= 11 is 14.2. The SMILES string of the molecule is Clc1ccn(Br)c1Cl. The van der Waals surface area contributed by atoms with Crippen molar-refractivity contribution in [3.8, 4) is 0 Å². The molecule has 0 fully saturated rings. The average Bonchev–Trinajstić information content (AvgIpc) is 1.98. The van der Waals surface area contributed by atoms with Crippen LogP contribution >= 0.6 is 39.3 Å². The lowest BCUT2D eigenvalue weighted by Crippen LogP contribution is -1.69. The summed E-state index contributed by atoms with van der Waals surface area (Å²) in [6.07, 6.45) is 1.73. The number of nitrogens with zero attached hydrogens (tertiary/aromatic N) is 1. The molecule has 0 aliphatic carbocycles. The third kappa shape index (κ3) is 1.02. The van der Waals surface area contributed by atoms with Crippen molar-refractivity contribution in [2.45, 2.75) is 0 Å². The third-order valence-electron chi connectivity index (χ3n) is 0.736. The summed E-state index contributed by atoms with van der Waals surface area (Å²) in [6.45, 7) is 0. The molecule has 0 aliphatic heterocycles. The summed E-state index contributed by atoms with van der Waals surface area (Å²) in [5.74, 6) is 0. The minimum absolute atomic E-state index is 0.506. The summed E-state index contributed by atoms with van der Waals surface area (Å²) in [5.41, 5.74) is 0. The van der Waals surface area contributed by atoms with Gasteiger partial charge in [0.2, 0.25) is 0 Å². The number of rotatable bonds is 0. The Bertz CT molecular complexity index is 176. The molecule has 0 atom stereocenters. The van der Waals surface area contributed by atoms with Crippen LogP contribution in [0.3, 0.4) is 0 Å². The summed E-state index contributed by atoms with van der Waals surface area (Å²) < 4.78 is 1.57. The molecule has 1 aromatic heterocycles. The maximum absolute atomic E-state index is 5.58. The fourth-order valence-corrected chi connectivity index (χ4v) is 1.05. The van der Waals surface area contributed by atoms with Crippen LogP contribution in [-0.2, 0) is 0 Å². The Kier molecular flexibility index (Phi) is 1.85. The van der Waals surface area contributed by atoms with Crippen LogP contribution in [0.15, 0.2) is 12.3 Å². The van der Waals surface area contributed by atoms with Gasteiger partial charge in [-0.05, 0) is 6.07 Å². The molecule has 0 bridgehead atoms. The highest BCUT2D eigenvalue weighted by molar-refractivity contribution is 9.08. The number of halogens is 3. The summed E-state index contributed by atoms with van der Waals surface area (Å²) in [4.78, 5) is 0. The molecule has 0 radical (unpaired) electrons. The summed E-state index contributed by atoms with van der Waals surface area (Å²) in [7, 11) is 0. The second kappa shape index (κ2) is 2.29. The van der Waals surface area contributed by atoms with Crippen molar-refractivity contribution >= 4 is 39.3 Å². The smallest absolute Gasteiger partial charge is 0.137 e. The van der Waals surface area contributed by atoms with Gasteiger partial charge < -0.3 is 0 Å². The molecular weight excluding hydrogens is 213 g/mol. The van der Waals surface area contributed by atoms with Crippen molar-refractivity contribution in [3.63, 3.8) is 0 Å². The molecule has 0 N–H and O–H groups in total. The van der Waals surface area contributed by atoms with E-state index in [0.29, 0.717) is 10.2 Å². The van der Waals surface area contributed by atoms with Gasteiger partial charge >= 0.3 is 0 Å². The zero-order valence-electron chi connectivity index (χ0n) is 3.74. The quantitative estimate of drug-likeness (QED) is 0.626. The molecule has 0 spiro atoms. The Hall–Kier alpha value is 0.340. The van der Waals surface area contributed by atoms with Gasteiger partial charge in [0.25, 0.3) is 0 Å². The Balaban J connectivity index is 3.19. The van der Waals surface area contributed by atoms with E-state index in [1.807, 2.05) is 0 Å². The lowest BCUT2D eigenvalue weighted by molar-refractivity contribution is 1.33. The zero-order valence-corrected chi connectivity index (χ0v) is 6.83.